The van der Waals surface area contributed by atoms with Gasteiger partial charge in [-0.1, -0.05) is 12.1 Å². The number of aromatic nitrogens is 1. The number of aliphatic hydroxyl groups excluding tert-OH is 1. The third-order valence-electron chi connectivity index (χ3n) is 6.41. The SMILES string of the molecule is Cc1c(C(O)CN2CCN(c3cc4ccc(C#N)cc4cn3)C(=O)C2)ccc2c1COC2=O. The molecule has 1 saturated heterocycles. The van der Waals surface area contributed by atoms with Gasteiger partial charge < -0.3 is 9.84 Å². The molecule has 0 spiro atoms. The lowest BCUT2D eigenvalue weighted by Gasteiger charge is -2.35. The molecule has 2 aliphatic heterocycles. The summed E-state index contributed by atoms with van der Waals surface area (Å²) in [6.45, 7) is 3.67. The molecule has 1 unspecified atom stereocenters. The fourth-order valence-corrected chi connectivity index (χ4v) is 4.54. The van der Waals surface area contributed by atoms with Crippen molar-refractivity contribution < 1.29 is 19.4 Å². The normalized spacial score (nSPS) is 17.1. The second kappa shape index (κ2) is 8.28. The second-order valence-electron chi connectivity index (χ2n) is 8.39. The van der Waals surface area contributed by atoms with Crippen LogP contribution in [0.4, 0.5) is 5.82 Å². The molecule has 1 fully saturated rings. The predicted molar refractivity (Wildman–Crippen MR) is 121 cm³/mol. The lowest BCUT2D eigenvalue weighted by atomic mass is 9.95. The van der Waals surface area contributed by atoms with Crippen LogP contribution in [-0.2, 0) is 16.1 Å². The van der Waals surface area contributed by atoms with Gasteiger partial charge in [0.25, 0.3) is 0 Å². The molecule has 1 atom stereocenters. The summed E-state index contributed by atoms with van der Waals surface area (Å²) < 4.78 is 5.09. The van der Waals surface area contributed by atoms with E-state index in [2.05, 4.69) is 11.1 Å². The zero-order valence-electron chi connectivity index (χ0n) is 18.1. The first kappa shape index (κ1) is 21.1. The van der Waals surface area contributed by atoms with Gasteiger partial charge in [-0.2, -0.15) is 5.26 Å². The van der Waals surface area contributed by atoms with Crippen LogP contribution in [0.1, 0.15) is 38.7 Å². The summed E-state index contributed by atoms with van der Waals surface area (Å²) in [5, 5.41) is 21.7. The van der Waals surface area contributed by atoms with E-state index in [0.717, 1.165) is 27.5 Å². The number of rotatable bonds is 4. The number of amides is 1. The Labute approximate surface area is 190 Å². The number of nitriles is 1. The van der Waals surface area contributed by atoms with Gasteiger partial charge >= 0.3 is 5.97 Å². The Morgan fingerprint density at radius 1 is 1.18 bits per heavy atom. The molecule has 0 bridgehead atoms. The number of nitrogens with zero attached hydrogens (tertiary/aromatic N) is 4. The van der Waals surface area contributed by atoms with Crippen molar-refractivity contribution in [1.29, 1.82) is 5.26 Å². The Bertz CT molecular complexity index is 1330. The summed E-state index contributed by atoms with van der Waals surface area (Å²) in [5.74, 6) is 0.166. The van der Waals surface area contributed by atoms with Gasteiger partial charge in [0.2, 0.25) is 5.91 Å². The summed E-state index contributed by atoms with van der Waals surface area (Å²) in [6, 6.07) is 12.8. The van der Waals surface area contributed by atoms with Crippen molar-refractivity contribution in [2.75, 3.05) is 31.1 Å². The van der Waals surface area contributed by atoms with Gasteiger partial charge in [0, 0.05) is 36.8 Å². The van der Waals surface area contributed by atoms with E-state index in [1.807, 2.05) is 24.0 Å². The third kappa shape index (κ3) is 3.82. The summed E-state index contributed by atoms with van der Waals surface area (Å²) in [7, 11) is 0. The zero-order chi connectivity index (χ0) is 23.1. The van der Waals surface area contributed by atoms with Crippen LogP contribution in [0.15, 0.2) is 42.6 Å². The first-order valence-electron chi connectivity index (χ1n) is 10.7. The molecule has 0 radical (unpaired) electrons. The van der Waals surface area contributed by atoms with Crippen LogP contribution in [-0.4, -0.2) is 53.0 Å². The van der Waals surface area contributed by atoms with Gasteiger partial charge in [-0.05, 0) is 47.7 Å². The lowest BCUT2D eigenvalue weighted by molar-refractivity contribution is -0.121. The number of esters is 1. The molecule has 2 aliphatic rings. The minimum absolute atomic E-state index is 0.0846. The highest BCUT2D eigenvalue weighted by Crippen LogP contribution is 2.30. The molecular weight excluding hydrogens is 420 g/mol. The van der Waals surface area contributed by atoms with Crippen LogP contribution in [0.25, 0.3) is 10.8 Å². The summed E-state index contributed by atoms with van der Waals surface area (Å²) >= 11 is 0. The largest absolute Gasteiger partial charge is 0.457 e. The molecule has 3 aromatic rings. The van der Waals surface area contributed by atoms with E-state index in [0.29, 0.717) is 36.6 Å². The van der Waals surface area contributed by atoms with Crippen molar-refractivity contribution in [1.82, 2.24) is 9.88 Å². The molecular formula is C25H22N4O4. The topological polar surface area (TPSA) is 107 Å². The number of aliphatic hydroxyl groups is 1. The number of β-amino-alcohol motifs (C(OH)–C–C–N with tert-alkyl or cyclic N) is 1. The average Bonchev–Trinajstić information content (AvgIpc) is 3.20. The van der Waals surface area contributed by atoms with Crippen molar-refractivity contribution in [2.24, 2.45) is 0 Å². The summed E-state index contributed by atoms with van der Waals surface area (Å²) in [6.07, 6.45) is 0.901. The summed E-state index contributed by atoms with van der Waals surface area (Å²) in [5.41, 5.74) is 3.55. The minimum Gasteiger partial charge on any atom is -0.457 e. The van der Waals surface area contributed by atoms with E-state index in [-0.39, 0.29) is 25.0 Å². The number of carbonyl (C=O) groups is 2. The fourth-order valence-electron chi connectivity index (χ4n) is 4.54. The number of benzene rings is 2. The number of piperazine rings is 1. The van der Waals surface area contributed by atoms with Gasteiger partial charge in [-0.15, -0.1) is 0 Å². The van der Waals surface area contributed by atoms with Crippen molar-refractivity contribution in [3.63, 3.8) is 0 Å². The number of cyclic esters (lactones) is 1. The number of hydrogen-bond donors (Lipinski definition) is 1. The molecule has 8 heteroatoms. The molecule has 33 heavy (non-hydrogen) atoms. The van der Waals surface area contributed by atoms with Gasteiger partial charge in [0.05, 0.1) is 29.8 Å². The molecule has 5 rings (SSSR count). The quantitative estimate of drug-likeness (QED) is 0.619. The number of hydrogen-bond acceptors (Lipinski definition) is 7. The Balaban J connectivity index is 1.27. The number of fused-ring (bicyclic) bond motifs is 2. The smallest absolute Gasteiger partial charge is 0.338 e. The molecule has 8 nitrogen and oxygen atoms in total. The highest BCUT2D eigenvalue weighted by Gasteiger charge is 2.29. The van der Waals surface area contributed by atoms with Crippen molar-refractivity contribution in [3.05, 3.63) is 70.4 Å². The first-order chi connectivity index (χ1) is 15.9. The van der Waals surface area contributed by atoms with E-state index in [1.165, 1.54) is 0 Å². The Hall–Kier alpha value is -3.80. The maximum atomic E-state index is 12.9. The monoisotopic (exact) mass is 442 g/mol. The molecule has 0 saturated carbocycles. The van der Waals surface area contributed by atoms with Crippen LogP contribution in [0, 0.1) is 18.3 Å². The van der Waals surface area contributed by atoms with Crippen LogP contribution in [0.3, 0.4) is 0 Å². The van der Waals surface area contributed by atoms with Gasteiger partial charge in [0.1, 0.15) is 12.4 Å². The van der Waals surface area contributed by atoms with Gasteiger partial charge in [0.15, 0.2) is 0 Å². The zero-order valence-corrected chi connectivity index (χ0v) is 18.1. The number of carbonyl (C=O) groups excluding carboxylic acids is 2. The Morgan fingerprint density at radius 2 is 2.03 bits per heavy atom. The molecule has 1 N–H and O–H groups in total. The second-order valence-corrected chi connectivity index (χ2v) is 8.39. The summed E-state index contributed by atoms with van der Waals surface area (Å²) in [4.78, 5) is 32.6. The highest BCUT2D eigenvalue weighted by atomic mass is 16.5. The van der Waals surface area contributed by atoms with Crippen LogP contribution >= 0.6 is 0 Å². The van der Waals surface area contributed by atoms with Crippen LogP contribution in [0.2, 0.25) is 0 Å². The standard InChI is InChI=1S/C25H22N4O4/c1-15-19(4-5-20-21(15)14-33-25(20)32)22(30)12-28-6-7-29(24(31)13-28)23-9-17-3-2-16(10-26)8-18(17)11-27-23/h2-5,8-9,11,22,30H,6-7,12-14H2,1H3. The number of ether oxygens (including phenoxy) is 1. The van der Waals surface area contributed by atoms with Crippen molar-refractivity contribution in [3.8, 4) is 6.07 Å². The first-order valence-corrected chi connectivity index (χ1v) is 10.7. The van der Waals surface area contributed by atoms with E-state index in [1.54, 1.807) is 35.4 Å². The maximum Gasteiger partial charge on any atom is 0.338 e. The van der Waals surface area contributed by atoms with Gasteiger partial charge in [-0.3, -0.25) is 14.6 Å². The molecule has 2 aromatic carbocycles. The Morgan fingerprint density at radius 3 is 2.82 bits per heavy atom. The average molecular weight is 442 g/mol. The van der Waals surface area contributed by atoms with Crippen LogP contribution in [0.5, 0.6) is 0 Å². The minimum atomic E-state index is -0.779. The molecule has 3 heterocycles. The maximum absolute atomic E-state index is 12.9. The van der Waals surface area contributed by atoms with Crippen molar-refractivity contribution >= 4 is 28.5 Å². The Kier molecular flexibility index (Phi) is 5.29. The fraction of sp³-hybridized carbons (Fsp3) is 0.280. The predicted octanol–water partition coefficient (Wildman–Crippen LogP) is 2.47. The van der Waals surface area contributed by atoms with Gasteiger partial charge in [-0.25, -0.2) is 9.78 Å². The number of anilines is 1. The van der Waals surface area contributed by atoms with E-state index >= 15 is 0 Å². The molecule has 1 amide bonds. The lowest BCUT2D eigenvalue weighted by Crippen LogP contribution is -2.51. The van der Waals surface area contributed by atoms with E-state index in [9.17, 15) is 14.7 Å². The number of pyridine rings is 1. The third-order valence-corrected chi connectivity index (χ3v) is 6.41. The van der Waals surface area contributed by atoms with Crippen LogP contribution < -0.4 is 4.90 Å². The van der Waals surface area contributed by atoms with E-state index in [4.69, 9.17) is 10.00 Å². The molecule has 1 aromatic heterocycles. The highest BCUT2D eigenvalue weighted by molar-refractivity contribution is 5.97. The van der Waals surface area contributed by atoms with E-state index < -0.39 is 6.10 Å². The molecule has 0 aliphatic carbocycles. The van der Waals surface area contributed by atoms with Crippen molar-refractivity contribution in [2.45, 2.75) is 19.6 Å². The molecule has 166 valence electrons.